The number of likely N-dealkylation sites (tertiary alicyclic amines) is 1. The van der Waals surface area contributed by atoms with E-state index in [-0.39, 0.29) is 5.91 Å². The van der Waals surface area contributed by atoms with Gasteiger partial charge in [0.25, 0.3) is 0 Å². The Balaban J connectivity index is 1.26. The molecule has 0 aromatic carbocycles. The lowest BCUT2D eigenvalue weighted by Crippen LogP contribution is -2.54. The lowest BCUT2D eigenvalue weighted by molar-refractivity contribution is -0.131. The van der Waals surface area contributed by atoms with Crippen molar-refractivity contribution in [2.75, 3.05) is 85.8 Å². The molecule has 0 aromatic heterocycles. The van der Waals surface area contributed by atoms with Crippen LogP contribution in [-0.4, -0.2) is 112 Å². The maximum Gasteiger partial charge on any atom is 0.236 e. The monoisotopic (exact) mass is 395 g/mol. The van der Waals surface area contributed by atoms with Crippen molar-refractivity contribution in [3.8, 4) is 0 Å². The first-order valence-electron chi connectivity index (χ1n) is 10.9. The Kier molecular flexibility index (Phi) is 8.82. The minimum absolute atomic E-state index is 0.289. The standard InChI is InChI=1S/C20H37N5O3/c1-21-20(22-6-4-13-27-16-18-5-14-28-17-18)25-11-9-23(10-12-25)15-19(26)24-7-2-3-8-24/h18H,2-17H2,1H3,(H,21,22). The molecule has 160 valence electrons. The number of rotatable bonds is 8. The minimum Gasteiger partial charge on any atom is -0.381 e. The van der Waals surface area contributed by atoms with Gasteiger partial charge in [0.2, 0.25) is 5.91 Å². The normalized spacial score (nSPS) is 24.2. The quantitative estimate of drug-likeness (QED) is 0.361. The van der Waals surface area contributed by atoms with Crippen LogP contribution in [-0.2, 0) is 14.3 Å². The highest BCUT2D eigenvalue weighted by Crippen LogP contribution is 2.12. The molecular formula is C20H37N5O3. The van der Waals surface area contributed by atoms with E-state index in [2.05, 4.69) is 20.1 Å². The molecule has 1 N–H and O–H groups in total. The molecule has 0 spiro atoms. The van der Waals surface area contributed by atoms with Crippen LogP contribution in [0, 0.1) is 5.92 Å². The van der Waals surface area contributed by atoms with E-state index in [1.165, 1.54) is 0 Å². The van der Waals surface area contributed by atoms with Gasteiger partial charge in [-0.1, -0.05) is 0 Å². The van der Waals surface area contributed by atoms with Crippen molar-refractivity contribution in [3.63, 3.8) is 0 Å². The summed E-state index contributed by atoms with van der Waals surface area (Å²) in [7, 11) is 1.84. The largest absolute Gasteiger partial charge is 0.381 e. The summed E-state index contributed by atoms with van der Waals surface area (Å²) in [6.45, 7) is 10.2. The second kappa shape index (κ2) is 11.6. The third kappa shape index (κ3) is 6.60. The molecule has 0 aliphatic carbocycles. The predicted octanol–water partition coefficient (Wildman–Crippen LogP) is 0.245. The van der Waals surface area contributed by atoms with E-state index < -0.39 is 0 Å². The number of nitrogens with zero attached hydrogens (tertiary/aromatic N) is 4. The molecule has 8 nitrogen and oxygen atoms in total. The topological polar surface area (TPSA) is 69.6 Å². The number of nitrogens with one attached hydrogen (secondary N) is 1. The van der Waals surface area contributed by atoms with Gasteiger partial charge in [-0.25, -0.2) is 0 Å². The number of guanidine groups is 1. The molecule has 1 unspecified atom stereocenters. The van der Waals surface area contributed by atoms with Gasteiger partial charge in [0.05, 0.1) is 19.8 Å². The zero-order valence-electron chi connectivity index (χ0n) is 17.4. The van der Waals surface area contributed by atoms with Crippen molar-refractivity contribution in [2.45, 2.75) is 25.7 Å². The van der Waals surface area contributed by atoms with Crippen molar-refractivity contribution in [2.24, 2.45) is 10.9 Å². The molecule has 3 aliphatic heterocycles. The Hall–Kier alpha value is -1.38. The number of ether oxygens (including phenoxy) is 2. The highest BCUT2D eigenvalue weighted by atomic mass is 16.5. The van der Waals surface area contributed by atoms with Crippen LogP contribution >= 0.6 is 0 Å². The SMILES string of the molecule is CN=C(NCCCOCC1CCOC1)N1CCN(CC(=O)N2CCCC2)CC1. The summed E-state index contributed by atoms with van der Waals surface area (Å²) in [5.41, 5.74) is 0. The van der Waals surface area contributed by atoms with E-state index in [9.17, 15) is 4.79 Å². The van der Waals surface area contributed by atoms with Gasteiger partial charge in [-0.2, -0.15) is 0 Å². The molecule has 28 heavy (non-hydrogen) atoms. The fraction of sp³-hybridized carbons (Fsp3) is 0.900. The average molecular weight is 396 g/mol. The molecule has 3 saturated heterocycles. The first-order chi connectivity index (χ1) is 13.8. The van der Waals surface area contributed by atoms with Crippen LogP contribution in [0.2, 0.25) is 0 Å². The van der Waals surface area contributed by atoms with Crippen molar-refractivity contribution in [1.82, 2.24) is 20.0 Å². The molecular weight excluding hydrogens is 358 g/mol. The highest BCUT2D eigenvalue weighted by Gasteiger charge is 2.24. The van der Waals surface area contributed by atoms with Crippen molar-refractivity contribution in [3.05, 3.63) is 0 Å². The Morgan fingerprint density at radius 2 is 1.93 bits per heavy atom. The molecule has 0 saturated carbocycles. The van der Waals surface area contributed by atoms with Gasteiger partial charge in [-0.3, -0.25) is 14.7 Å². The number of hydrogen-bond acceptors (Lipinski definition) is 5. The summed E-state index contributed by atoms with van der Waals surface area (Å²) < 4.78 is 11.1. The lowest BCUT2D eigenvalue weighted by Gasteiger charge is -2.36. The maximum absolute atomic E-state index is 12.3. The summed E-state index contributed by atoms with van der Waals surface area (Å²) in [6, 6.07) is 0. The highest BCUT2D eigenvalue weighted by molar-refractivity contribution is 5.80. The fourth-order valence-corrected chi connectivity index (χ4v) is 4.05. The fourth-order valence-electron chi connectivity index (χ4n) is 4.05. The van der Waals surface area contributed by atoms with Crippen LogP contribution in [0.5, 0.6) is 0 Å². The van der Waals surface area contributed by atoms with Crippen LogP contribution < -0.4 is 5.32 Å². The van der Waals surface area contributed by atoms with Crippen LogP contribution in [0.4, 0.5) is 0 Å². The second-order valence-corrected chi connectivity index (χ2v) is 7.98. The summed E-state index contributed by atoms with van der Waals surface area (Å²) in [4.78, 5) is 23.3. The molecule has 1 amide bonds. The van der Waals surface area contributed by atoms with Crippen LogP contribution in [0.1, 0.15) is 25.7 Å². The predicted molar refractivity (Wildman–Crippen MR) is 110 cm³/mol. The number of hydrogen-bond donors (Lipinski definition) is 1. The van der Waals surface area contributed by atoms with E-state index in [0.717, 1.165) is 104 Å². The summed E-state index contributed by atoms with van der Waals surface area (Å²) >= 11 is 0. The third-order valence-electron chi connectivity index (χ3n) is 5.83. The number of piperazine rings is 1. The van der Waals surface area contributed by atoms with Gasteiger partial charge >= 0.3 is 0 Å². The first-order valence-corrected chi connectivity index (χ1v) is 10.9. The number of carbonyl (C=O) groups excluding carboxylic acids is 1. The number of aliphatic imine (C=N–C) groups is 1. The molecule has 3 rings (SSSR count). The summed E-state index contributed by atoms with van der Waals surface area (Å²) in [5.74, 6) is 1.82. The maximum atomic E-state index is 12.3. The van der Waals surface area contributed by atoms with Crippen molar-refractivity contribution in [1.29, 1.82) is 0 Å². The smallest absolute Gasteiger partial charge is 0.236 e. The summed E-state index contributed by atoms with van der Waals surface area (Å²) in [6.07, 6.45) is 4.40. The summed E-state index contributed by atoms with van der Waals surface area (Å²) in [5, 5.41) is 3.45. The van der Waals surface area contributed by atoms with E-state index >= 15 is 0 Å². The molecule has 3 fully saturated rings. The van der Waals surface area contributed by atoms with E-state index in [1.807, 2.05) is 11.9 Å². The molecule has 3 heterocycles. The average Bonchev–Trinajstić information content (AvgIpc) is 3.42. The third-order valence-corrected chi connectivity index (χ3v) is 5.83. The molecule has 8 heteroatoms. The van der Waals surface area contributed by atoms with E-state index in [1.54, 1.807) is 0 Å². The zero-order valence-corrected chi connectivity index (χ0v) is 17.4. The number of carbonyl (C=O) groups is 1. The molecule has 0 radical (unpaired) electrons. The van der Waals surface area contributed by atoms with Gasteiger partial charge in [0.15, 0.2) is 5.96 Å². The van der Waals surface area contributed by atoms with Gasteiger partial charge in [-0.15, -0.1) is 0 Å². The van der Waals surface area contributed by atoms with Gasteiger partial charge < -0.3 is 24.6 Å². The van der Waals surface area contributed by atoms with E-state index in [0.29, 0.717) is 12.5 Å². The van der Waals surface area contributed by atoms with Gasteiger partial charge in [0, 0.05) is 72.0 Å². The lowest BCUT2D eigenvalue weighted by atomic mass is 10.1. The molecule has 1 atom stereocenters. The van der Waals surface area contributed by atoms with Gasteiger partial charge in [0.1, 0.15) is 0 Å². The molecule has 0 aromatic rings. The Morgan fingerprint density at radius 3 is 2.61 bits per heavy atom. The minimum atomic E-state index is 0.289. The zero-order chi connectivity index (χ0) is 19.6. The van der Waals surface area contributed by atoms with Crippen LogP contribution in [0.3, 0.4) is 0 Å². The van der Waals surface area contributed by atoms with Crippen LogP contribution in [0.15, 0.2) is 4.99 Å². The second-order valence-electron chi connectivity index (χ2n) is 7.98. The van der Waals surface area contributed by atoms with Crippen molar-refractivity contribution < 1.29 is 14.3 Å². The Bertz CT molecular complexity index is 496. The van der Waals surface area contributed by atoms with Crippen LogP contribution in [0.25, 0.3) is 0 Å². The van der Waals surface area contributed by atoms with Gasteiger partial charge in [-0.05, 0) is 25.7 Å². The Labute approximate surface area is 169 Å². The molecule has 0 bridgehead atoms. The van der Waals surface area contributed by atoms with Crippen molar-refractivity contribution >= 4 is 11.9 Å². The molecule has 3 aliphatic rings. The van der Waals surface area contributed by atoms with E-state index in [4.69, 9.17) is 9.47 Å². The number of amides is 1. The first kappa shape index (κ1) is 21.3. The Morgan fingerprint density at radius 1 is 1.14 bits per heavy atom.